The van der Waals surface area contributed by atoms with Crippen LogP contribution in [0.25, 0.3) is 0 Å². The van der Waals surface area contributed by atoms with Crippen LogP contribution in [-0.2, 0) is 22.1 Å². The summed E-state index contributed by atoms with van der Waals surface area (Å²) in [5.74, 6) is 0.730. The summed E-state index contributed by atoms with van der Waals surface area (Å²) in [6.45, 7) is 12.0. The smallest absolute Gasteiger partial charge is 0.414 e. The molecule has 1 aliphatic rings. The SMILES string of the molecule is COc1cc(N2CCOC2=O)ccc1C(C)(C)CCn1cccc(C(C)(C)C)c1=O. The Morgan fingerprint density at radius 2 is 1.80 bits per heavy atom. The zero-order chi connectivity index (χ0) is 22.1. The first-order valence-electron chi connectivity index (χ1n) is 10.4. The van der Waals surface area contributed by atoms with Gasteiger partial charge in [0.05, 0.1) is 19.3 Å². The van der Waals surface area contributed by atoms with E-state index in [1.165, 1.54) is 0 Å². The van der Waals surface area contributed by atoms with E-state index in [0.29, 0.717) is 19.7 Å². The second kappa shape index (κ2) is 8.17. The third-order valence-corrected chi connectivity index (χ3v) is 5.79. The van der Waals surface area contributed by atoms with Crippen molar-refractivity contribution in [3.63, 3.8) is 0 Å². The number of carbonyl (C=O) groups is 1. The summed E-state index contributed by atoms with van der Waals surface area (Å²) in [6, 6.07) is 9.68. The van der Waals surface area contributed by atoms with Crippen LogP contribution in [0.3, 0.4) is 0 Å². The summed E-state index contributed by atoms with van der Waals surface area (Å²) in [5.41, 5.74) is 2.28. The molecule has 1 fully saturated rings. The minimum Gasteiger partial charge on any atom is -0.496 e. The highest BCUT2D eigenvalue weighted by atomic mass is 16.6. The number of anilines is 1. The molecular weight excluding hydrogens is 380 g/mol. The predicted octanol–water partition coefficient (Wildman–Crippen LogP) is 4.48. The summed E-state index contributed by atoms with van der Waals surface area (Å²) in [7, 11) is 1.64. The van der Waals surface area contributed by atoms with Crippen molar-refractivity contribution in [1.29, 1.82) is 0 Å². The van der Waals surface area contributed by atoms with Gasteiger partial charge in [0.25, 0.3) is 5.56 Å². The van der Waals surface area contributed by atoms with Gasteiger partial charge in [0.1, 0.15) is 12.4 Å². The summed E-state index contributed by atoms with van der Waals surface area (Å²) < 4.78 is 12.5. The Morgan fingerprint density at radius 1 is 1.07 bits per heavy atom. The van der Waals surface area contributed by atoms with E-state index in [9.17, 15) is 9.59 Å². The van der Waals surface area contributed by atoms with Crippen molar-refractivity contribution in [2.75, 3.05) is 25.2 Å². The van der Waals surface area contributed by atoms with Crippen molar-refractivity contribution in [2.45, 2.75) is 58.4 Å². The molecule has 1 saturated heterocycles. The number of hydrogen-bond acceptors (Lipinski definition) is 4. The number of cyclic esters (lactones) is 1. The van der Waals surface area contributed by atoms with Gasteiger partial charge >= 0.3 is 6.09 Å². The molecule has 0 bridgehead atoms. The topological polar surface area (TPSA) is 60.8 Å². The van der Waals surface area contributed by atoms with Gasteiger partial charge in [-0.25, -0.2) is 4.79 Å². The highest BCUT2D eigenvalue weighted by Gasteiger charge is 2.28. The lowest BCUT2D eigenvalue weighted by Crippen LogP contribution is -2.31. The van der Waals surface area contributed by atoms with Gasteiger partial charge in [-0.15, -0.1) is 0 Å². The van der Waals surface area contributed by atoms with E-state index in [1.54, 1.807) is 16.6 Å². The molecule has 0 aliphatic carbocycles. The van der Waals surface area contributed by atoms with Crippen LogP contribution in [0, 0.1) is 0 Å². The number of aryl methyl sites for hydroxylation is 1. The van der Waals surface area contributed by atoms with Crippen LogP contribution in [0.15, 0.2) is 41.3 Å². The summed E-state index contributed by atoms with van der Waals surface area (Å²) in [4.78, 5) is 26.4. The molecular formula is C24H32N2O4. The maximum Gasteiger partial charge on any atom is 0.414 e. The maximum atomic E-state index is 12.9. The maximum absolute atomic E-state index is 12.9. The van der Waals surface area contributed by atoms with Crippen LogP contribution in [0.5, 0.6) is 5.75 Å². The van der Waals surface area contributed by atoms with Crippen molar-refractivity contribution < 1.29 is 14.3 Å². The summed E-state index contributed by atoms with van der Waals surface area (Å²) >= 11 is 0. The lowest BCUT2D eigenvalue weighted by molar-refractivity contribution is 0.181. The molecule has 0 unspecified atom stereocenters. The van der Waals surface area contributed by atoms with E-state index in [2.05, 4.69) is 34.6 Å². The zero-order valence-electron chi connectivity index (χ0n) is 18.8. The molecule has 0 N–H and O–H groups in total. The molecule has 0 atom stereocenters. The predicted molar refractivity (Wildman–Crippen MR) is 119 cm³/mol. The number of pyridine rings is 1. The number of rotatable bonds is 6. The summed E-state index contributed by atoms with van der Waals surface area (Å²) in [6.07, 6.45) is 2.29. The molecule has 1 amide bonds. The van der Waals surface area contributed by atoms with Gasteiger partial charge in [-0.05, 0) is 34.9 Å². The van der Waals surface area contributed by atoms with Gasteiger partial charge in [0, 0.05) is 24.4 Å². The zero-order valence-corrected chi connectivity index (χ0v) is 18.8. The molecule has 30 heavy (non-hydrogen) atoms. The Balaban J connectivity index is 1.84. The first kappa shape index (κ1) is 21.9. The normalized spacial score (nSPS) is 14.7. The van der Waals surface area contributed by atoms with E-state index in [0.717, 1.165) is 29.0 Å². The van der Waals surface area contributed by atoms with E-state index in [1.807, 2.05) is 36.5 Å². The van der Waals surface area contributed by atoms with Gasteiger partial charge in [-0.2, -0.15) is 0 Å². The Morgan fingerprint density at radius 3 is 2.40 bits per heavy atom. The summed E-state index contributed by atoms with van der Waals surface area (Å²) in [5, 5.41) is 0. The number of carbonyl (C=O) groups excluding carboxylic acids is 1. The van der Waals surface area contributed by atoms with Gasteiger partial charge in [0.2, 0.25) is 0 Å². The van der Waals surface area contributed by atoms with E-state index < -0.39 is 0 Å². The van der Waals surface area contributed by atoms with Gasteiger partial charge in [-0.1, -0.05) is 46.8 Å². The minimum absolute atomic E-state index is 0.0654. The van der Waals surface area contributed by atoms with Crippen LogP contribution in [0.2, 0.25) is 0 Å². The molecule has 0 spiro atoms. The average Bonchev–Trinajstić information content (AvgIpc) is 3.11. The molecule has 6 heteroatoms. The van der Waals surface area contributed by atoms with E-state index in [-0.39, 0.29) is 22.5 Å². The van der Waals surface area contributed by atoms with Gasteiger partial charge in [0.15, 0.2) is 0 Å². The molecule has 2 aromatic rings. The standard InChI is InChI=1S/C24H32N2O4/c1-23(2,3)19-8-7-12-25(21(19)27)13-11-24(4,5)18-10-9-17(16-20(18)29-6)26-14-15-30-22(26)28/h7-10,12,16H,11,13-15H2,1-6H3. The molecule has 0 radical (unpaired) electrons. The van der Waals surface area contributed by atoms with Crippen LogP contribution in [-0.4, -0.2) is 30.9 Å². The van der Waals surface area contributed by atoms with Crippen molar-refractivity contribution in [1.82, 2.24) is 4.57 Å². The van der Waals surface area contributed by atoms with E-state index in [4.69, 9.17) is 9.47 Å². The molecule has 3 rings (SSSR count). The molecule has 1 aromatic carbocycles. The highest BCUT2D eigenvalue weighted by molar-refractivity contribution is 5.89. The fourth-order valence-corrected chi connectivity index (χ4v) is 3.85. The number of methoxy groups -OCH3 is 1. The van der Waals surface area contributed by atoms with Crippen molar-refractivity contribution >= 4 is 11.8 Å². The fraction of sp³-hybridized carbons (Fsp3) is 0.500. The second-order valence-electron chi connectivity index (χ2n) is 9.45. The van der Waals surface area contributed by atoms with Crippen molar-refractivity contribution in [2.24, 2.45) is 0 Å². The lowest BCUT2D eigenvalue weighted by Gasteiger charge is -2.29. The Labute approximate surface area is 178 Å². The number of aromatic nitrogens is 1. The first-order chi connectivity index (χ1) is 14.0. The largest absolute Gasteiger partial charge is 0.496 e. The number of amides is 1. The molecule has 6 nitrogen and oxygen atoms in total. The number of ether oxygens (including phenoxy) is 2. The molecule has 162 valence electrons. The highest BCUT2D eigenvalue weighted by Crippen LogP contribution is 2.37. The minimum atomic E-state index is -0.331. The number of nitrogens with zero attached hydrogens (tertiary/aromatic N) is 2. The molecule has 1 aromatic heterocycles. The monoisotopic (exact) mass is 412 g/mol. The van der Waals surface area contributed by atoms with Crippen molar-refractivity contribution in [3.05, 3.63) is 58.0 Å². The fourth-order valence-electron chi connectivity index (χ4n) is 3.85. The Hall–Kier alpha value is -2.76. The van der Waals surface area contributed by atoms with Gasteiger partial charge in [-0.3, -0.25) is 9.69 Å². The lowest BCUT2D eigenvalue weighted by atomic mass is 9.80. The third-order valence-electron chi connectivity index (χ3n) is 5.79. The van der Waals surface area contributed by atoms with Gasteiger partial charge < -0.3 is 14.0 Å². The molecule has 0 saturated carbocycles. The number of hydrogen-bond donors (Lipinski definition) is 0. The Kier molecular flexibility index (Phi) is 5.97. The van der Waals surface area contributed by atoms with Crippen LogP contribution < -0.4 is 15.2 Å². The first-order valence-corrected chi connectivity index (χ1v) is 10.4. The molecule has 2 heterocycles. The van der Waals surface area contributed by atoms with Crippen LogP contribution in [0.1, 0.15) is 52.2 Å². The quantitative estimate of drug-likeness (QED) is 0.702. The van der Waals surface area contributed by atoms with E-state index >= 15 is 0 Å². The molecule has 1 aliphatic heterocycles. The second-order valence-corrected chi connectivity index (χ2v) is 9.45. The number of benzene rings is 1. The van der Waals surface area contributed by atoms with Crippen molar-refractivity contribution in [3.8, 4) is 5.75 Å². The van der Waals surface area contributed by atoms with Crippen LogP contribution in [0.4, 0.5) is 10.5 Å². The van der Waals surface area contributed by atoms with Crippen LogP contribution >= 0.6 is 0 Å². The Bertz CT molecular complexity index is 985. The average molecular weight is 413 g/mol. The third kappa shape index (κ3) is 4.37.